The molecule has 3 aromatic rings. The van der Waals surface area contributed by atoms with Gasteiger partial charge in [-0.1, -0.05) is 48.5 Å². The lowest BCUT2D eigenvalue weighted by atomic mass is 10.2. The molecule has 1 unspecified atom stereocenters. The Hall–Kier alpha value is -2.80. The van der Waals surface area contributed by atoms with Gasteiger partial charge in [0.15, 0.2) is 12.4 Å². The van der Waals surface area contributed by atoms with Gasteiger partial charge in [-0.2, -0.15) is 0 Å². The maximum atomic E-state index is 9.75. The molecular formula is C19H17BF4N2. The summed E-state index contributed by atoms with van der Waals surface area (Å²) < 4.78 is 39.0. The van der Waals surface area contributed by atoms with Crippen LogP contribution in [0, 0.1) is 0 Å². The third-order valence-electron chi connectivity index (χ3n) is 4.03. The molecule has 0 amide bonds. The van der Waals surface area contributed by atoms with Crippen LogP contribution in [0.5, 0.6) is 0 Å². The fourth-order valence-electron chi connectivity index (χ4n) is 3.02. The third-order valence-corrected chi connectivity index (χ3v) is 4.03. The molecule has 7 heteroatoms. The fourth-order valence-corrected chi connectivity index (χ4v) is 3.02. The van der Waals surface area contributed by atoms with E-state index in [2.05, 4.69) is 89.8 Å². The zero-order valence-electron chi connectivity index (χ0n) is 13.8. The zero-order chi connectivity index (χ0) is 18.6. The van der Waals surface area contributed by atoms with Crippen LogP contribution in [0.1, 0.15) is 0 Å². The first-order valence-electron chi connectivity index (χ1n) is 8.14. The summed E-state index contributed by atoms with van der Waals surface area (Å²) in [5, 5.41) is 0. The molecule has 2 nitrogen and oxygen atoms in total. The summed E-state index contributed by atoms with van der Waals surface area (Å²) in [4.78, 5) is 3.78. The van der Waals surface area contributed by atoms with Gasteiger partial charge in [0.2, 0.25) is 0 Å². The largest absolute Gasteiger partial charge is 0.673 e. The van der Waals surface area contributed by atoms with E-state index in [9.17, 15) is 17.3 Å². The van der Waals surface area contributed by atoms with E-state index in [1.807, 2.05) is 0 Å². The van der Waals surface area contributed by atoms with Gasteiger partial charge in [-0.15, -0.1) is 0 Å². The zero-order valence-corrected chi connectivity index (χ0v) is 13.8. The summed E-state index contributed by atoms with van der Waals surface area (Å²) >= 11 is 0. The van der Waals surface area contributed by atoms with Crippen LogP contribution in [0.2, 0.25) is 0 Å². The van der Waals surface area contributed by atoms with Crippen LogP contribution < -0.4 is 9.80 Å². The van der Waals surface area contributed by atoms with E-state index >= 15 is 0 Å². The summed E-state index contributed by atoms with van der Waals surface area (Å²) in [7, 11) is -6.00. The second-order valence-corrected chi connectivity index (χ2v) is 5.78. The van der Waals surface area contributed by atoms with Gasteiger partial charge in [0, 0.05) is 11.8 Å². The van der Waals surface area contributed by atoms with E-state index in [4.69, 9.17) is 0 Å². The predicted molar refractivity (Wildman–Crippen MR) is 96.8 cm³/mol. The van der Waals surface area contributed by atoms with Crippen LogP contribution in [0.4, 0.5) is 40.0 Å². The summed E-state index contributed by atoms with van der Waals surface area (Å²) in [6.07, 6.45) is 0. The van der Waals surface area contributed by atoms with Gasteiger partial charge in [0.25, 0.3) is 0 Å². The number of para-hydroxylation sites is 4. The minimum Gasteiger partial charge on any atom is -0.418 e. The number of hydrogen-bond donors (Lipinski definition) is 1. The first-order chi connectivity index (χ1) is 12.4. The Morgan fingerprint density at radius 2 is 1.19 bits per heavy atom. The molecule has 1 aliphatic rings. The number of nitrogens with one attached hydrogen (secondary N) is 1. The molecule has 0 aliphatic carbocycles. The van der Waals surface area contributed by atoms with Crippen LogP contribution >= 0.6 is 0 Å². The smallest absolute Gasteiger partial charge is 0.418 e. The monoisotopic (exact) mass is 360 g/mol. The fraction of sp³-hybridized carbons (Fsp3) is 0.0526. The van der Waals surface area contributed by atoms with Gasteiger partial charge in [-0.25, -0.2) is 0 Å². The lowest BCUT2D eigenvalue weighted by Gasteiger charge is -2.17. The molecule has 26 heavy (non-hydrogen) atoms. The van der Waals surface area contributed by atoms with Crippen LogP contribution in [-0.4, -0.2) is 13.9 Å². The molecule has 0 radical (unpaired) electrons. The minimum absolute atomic E-state index is 0.924. The Morgan fingerprint density at radius 3 is 1.81 bits per heavy atom. The van der Waals surface area contributed by atoms with Crippen molar-refractivity contribution < 1.29 is 22.2 Å². The number of rotatable bonds is 2. The van der Waals surface area contributed by atoms with Gasteiger partial charge in [-0.05, 0) is 30.3 Å². The highest BCUT2D eigenvalue weighted by Gasteiger charge is 2.32. The molecule has 0 fully saturated rings. The Bertz CT molecular complexity index is 770. The summed E-state index contributed by atoms with van der Waals surface area (Å²) in [5.41, 5.74) is 5.19. The molecule has 0 spiro atoms. The van der Waals surface area contributed by atoms with E-state index in [1.165, 1.54) is 27.6 Å². The van der Waals surface area contributed by atoms with Gasteiger partial charge < -0.3 is 17.3 Å². The SMILES string of the molecule is F[B-](F)(F)F.c1ccc(N2C[NH+](c3ccccc3)c3ccccc32)cc1. The Balaban J connectivity index is 0.000000349. The average Bonchev–Trinajstić information content (AvgIpc) is 3.02. The number of quaternary nitrogens is 1. The molecule has 3 aromatic carbocycles. The normalized spacial score (nSPS) is 15.8. The molecule has 134 valence electrons. The van der Waals surface area contributed by atoms with Crippen molar-refractivity contribution >= 4 is 30.0 Å². The van der Waals surface area contributed by atoms with Gasteiger partial charge in [0.1, 0.15) is 11.4 Å². The first-order valence-corrected chi connectivity index (χ1v) is 8.14. The second kappa shape index (κ2) is 7.62. The van der Waals surface area contributed by atoms with Crippen LogP contribution in [0.25, 0.3) is 0 Å². The van der Waals surface area contributed by atoms with E-state index in [0.717, 1.165) is 6.67 Å². The molecule has 0 saturated heterocycles. The van der Waals surface area contributed by atoms with Crippen molar-refractivity contribution in [3.63, 3.8) is 0 Å². The molecule has 1 aliphatic heterocycles. The van der Waals surface area contributed by atoms with E-state index in [1.54, 1.807) is 0 Å². The van der Waals surface area contributed by atoms with Crippen molar-refractivity contribution in [3.8, 4) is 0 Å². The highest BCUT2D eigenvalue weighted by atomic mass is 19.5. The topological polar surface area (TPSA) is 7.68 Å². The van der Waals surface area contributed by atoms with Crippen molar-refractivity contribution in [3.05, 3.63) is 84.9 Å². The Kier molecular flexibility index (Phi) is 5.28. The third kappa shape index (κ3) is 4.43. The van der Waals surface area contributed by atoms with Gasteiger partial charge in [0.05, 0.1) is 0 Å². The van der Waals surface area contributed by atoms with E-state index in [-0.39, 0.29) is 0 Å². The van der Waals surface area contributed by atoms with E-state index in [0.29, 0.717) is 0 Å². The van der Waals surface area contributed by atoms with Gasteiger partial charge in [-0.3, -0.25) is 9.80 Å². The second-order valence-electron chi connectivity index (χ2n) is 5.78. The maximum absolute atomic E-state index is 9.75. The van der Waals surface area contributed by atoms with Gasteiger partial charge >= 0.3 is 7.25 Å². The predicted octanol–water partition coefficient (Wildman–Crippen LogP) is 4.94. The average molecular weight is 360 g/mol. The lowest BCUT2D eigenvalue weighted by Crippen LogP contribution is -3.01. The lowest BCUT2D eigenvalue weighted by molar-refractivity contribution is -0.751. The number of fused-ring (bicyclic) bond motifs is 1. The van der Waals surface area contributed by atoms with Crippen molar-refractivity contribution in [2.24, 2.45) is 0 Å². The summed E-state index contributed by atoms with van der Waals surface area (Å²) in [6.45, 7) is 0.924. The van der Waals surface area contributed by atoms with Crippen LogP contribution in [-0.2, 0) is 0 Å². The number of benzene rings is 3. The molecule has 1 N–H and O–H groups in total. The molecule has 1 heterocycles. The van der Waals surface area contributed by atoms with Crippen LogP contribution in [0.3, 0.4) is 0 Å². The van der Waals surface area contributed by atoms with Crippen molar-refractivity contribution in [1.29, 1.82) is 0 Å². The van der Waals surface area contributed by atoms with Crippen LogP contribution in [0.15, 0.2) is 84.9 Å². The first kappa shape index (κ1) is 18.0. The quantitative estimate of drug-likeness (QED) is 0.502. The Labute approximate surface area is 149 Å². The molecule has 0 aromatic heterocycles. The molecule has 0 bridgehead atoms. The molecular weight excluding hydrogens is 343 g/mol. The number of nitrogens with zero attached hydrogens (tertiary/aromatic N) is 1. The number of halogens is 4. The summed E-state index contributed by atoms with van der Waals surface area (Å²) in [6, 6.07) is 29.9. The van der Waals surface area contributed by atoms with Crippen molar-refractivity contribution in [1.82, 2.24) is 0 Å². The summed E-state index contributed by atoms with van der Waals surface area (Å²) in [5.74, 6) is 0. The standard InChI is InChI=1S/C19H16N2.BF4/c1-3-9-16(10-4-1)20-15-21(17-11-5-2-6-12-17)19-14-8-7-13-18(19)20;2-1(3,4)5/h1-14H,15H2;/q;-1/p+1. The highest BCUT2D eigenvalue weighted by Crippen LogP contribution is 2.33. The molecule has 0 saturated carbocycles. The minimum atomic E-state index is -6.00. The number of anilines is 2. The number of hydrogen-bond acceptors (Lipinski definition) is 1. The molecule has 1 atom stereocenters. The highest BCUT2D eigenvalue weighted by molar-refractivity contribution is 6.50. The van der Waals surface area contributed by atoms with Crippen molar-refractivity contribution in [2.75, 3.05) is 11.6 Å². The van der Waals surface area contributed by atoms with Crippen molar-refractivity contribution in [2.45, 2.75) is 0 Å². The maximum Gasteiger partial charge on any atom is 0.673 e. The van der Waals surface area contributed by atoms with E-state index < -0.39 is 7.25 Å². The molecule has 4 rings (SSSR count). The Morgan fingerprint density at radius 1 is 0.692 bits per heavy atom.